The molecule has 0 aliphatic carbocycles. The van der Waals surface area contributed by atoms with E-state index in [2.05, 4.69) is 5.32 Å². The predicted molar refractivity (Wildman–Crippen MR) is 81.9 cm³/mol. The van der Waals surface area contributed by atoms with Crippen molar-refractivity contribution in [2.24, 2.45) is 0 Å². The highest BCUT2D eigenvalue weighted by Crippen LogP contribution is 2.16. The van der Waals surface area contributed by atoms with Crippen LogP contribution in [0, 0.1) is 0 Å². The number of benzene rings is 1. The van der Waals surface area contributed by atoms with Gasteiger partial charge < -0.3 is 15.3 Å². The van der Waals surface area contributed by atoms with E-state index in [1.54, 1.807) is 30.9 Å². The van der Waals surface area contributed by atoms with E-state index in [4.69, 9.17) is 11.6 Å². The number of likely N-dealkylation sites (N-methyl/N-ethyl adjacent to an activating group) is 1. The lowest BCUT2D eigenvalue weighted by atomic mass is 10.1. The predicted octanol–water partition coefficient (Wildman–Crippen LogP) is 3.20. The lowest BCUT2D eigenvalue weighted by Gasteiger charge is -2.29. The Bertz CT molecular complexity index is 440. The number of urea groups is 1. The zero-order valence-electron chi connectivity index (χ0n) is 12.5. The molecule has 0 bridgehead atoms. The number of nitrogens with one attached hydrogen (secondary N) is 1. The molecule has 0 saturated heterocycles. The number of carbonyl (C=O) groups is 1. The number of aliphatic hydroxyl groups is 1. The summed E-state index contributed by atoms with van der Waals surface area (Å²) in [6, 6.07) is 7.08. The van der Waals surface area contributed by atoms with E-state index in [1.807, 2.05) is 26.0 Å². The molecule has 1 unspecified atom stereocenters. The third-order valence-electron chi connectivity index (χ3n) is 2.96. The molecule has 0 saturated carbocycles. The summed E-state index contributed by atoms with van der Waals surface area (Å²) in [5.41, 5.74) is 0.0821. The topological polar surface area (TPSA) is 52.6 Å². The first-order valence-electron chi connectivity index (χ1n) is 6.76. The SMILES string of the molecule is CCN(CC(C)(C)O)C(=O)NC(C)c1ccc(Cl)cc1. The molecule has 1 aromatic rings. The Labute approximate surface area is 125 Å². The zero-order valence-corrected chi connectivity index (χ0v) is 13.2. The molecule has 0 aromatic heterocycles. The molecule has 0 aliphatic rings. The van der Waals surface area contributed by atoms with Gasteiger partial charge >= 0.3 is 6.03 Å². The molecule has 0 aliphatic heterocycles. The summed E-state index contributed by atoms with van der Waals surface area (Å²) < 4.78 is 0. The zero-order chi connectivity index (χ0) is 15.3. The third-order valence-corrected chi connectivity index (χ3v) is 3.21. The van der Waals surface area contributed by atoms with Crippen LogP contribution in [0.5, 0.6) is 0 Å². The molecule has 0 spiro atoms. The van der Waals surface area contributed by atoms with Gasteiger partial charge in [-0.3, -0.25) is 0 Å². The van der Waals surface area contributed by atoms with Crippen LogP contribution in [0.15, 0.2) is 24.3 Å². The largest absolute Gasteiger partial charge is 0.389 e. The molecule has 5 heteroatoms. The fourth-order valence-electron chi connectivity index (χ4n) is 1.91. The van der Waals surface area contributed by atoms with Crippen LogP contribution in [0.3, 0.4) is 0 Å². The minimum Gasteiger partial charge on any atom is -0.389 e. The van der Waals surface area contributed by atoms with Crippen LogP contribution in [-0.2, 0) is 0 Å². The van der Waals surface area contributed by atoms with Gasteiger partial charge in [0, 0.05) is 11.6 Å². The summed E-state index contributed by atoms with van der Waals surface area (Å²) in [6.07, 6.45) is 0. The smallest absolute Gasteiger partial charge is 0.317 e. The highest BCUT2D eigenvalue weighted by Gasteiger charge is 2.22. The van der Waals surface area contributed by atoms with E-state index in [-0.39, 0.29) is 12.1 Å². The highest BCUT2D eigenvalue weighted by atomic mass is 35.5. The van der Waals surface area contributed by atoms with Crippen molar-refractivity contribution in [3.63, 3.8) is 0 Å². The van der Waals surface area contributed by atoms with Crippen LogP contribution in [0.1, 0.15) is 39.3 Å². The minimum atomic E-state index is -0.906. The van der Waals surface area contributed by atoms with Gasteiger partial charge in [0.25, 0.3) is 0 Å². The quantitative estimate of drug-likeness (QED) is 0.877. The Hall–Kier alpha value is -1.26. The number of amides is 2. The summed E-state index contributed by atoms with van der Waals surface area (Å²) in [7, 11) is 0. The number of carbonyl (C=O) groups excluding carboxylic acids is 1. The van der Waals surface area contributed by atoms with Gasteiger partial charge in [0.2, 0.25) is 0 Å². The Morgan fingerprint density at radius 3 is 2.40 bits per heavy atom. The molecule has 0 radical (unpaired) electrons. The fourth-order valence-corrected chi connectivity index (χ4v) is 2.03. The summed E-state index contributed by atoms with van der Waals surface area (Å²) in [5, 5.41) is 13.4. The van der Waals surface area contributed by atoms with Crippen LogP contribution >= 0.6 is 11.6 Å². The van der Waals surface area contributed by atoms with E-state index >= 15 is 0 Å². The van der Waals surface area contributed by atoms with Crippen LogP contribution in [0.4, 0.5) is 4.79 Å². The molecule has 1 aromatic carbocycles. The normalized spacial score (nSPS) is 12.9. The van der Waals surface area contributed by atoms with Gasteiger partial charge in [-0.1, -0.05) is 23.7 Å². The molecule has 1 rings (SSSR count). The van der Waals surface area contributed by atoms with Crippen molar-refractivity contribution in [3.05, 3.63) is 34.9 Å². The second kappa shape index (κ2) is 6.95. The standard InChI is InChI=1S/C15H23ClN2O2/c1-5-18(10-15(3,4)20)14(19)17-11(2)12-6-8-13(16)9-7-12/h6-9,11,20H,5,10H2,1-4H3,(H,17,19). The van der Waals surface area contributed by atoms with Crippen molar-refractivity contribution in [2.75, 3.05) is 13.1 Å². The summed E-state index contributed by atoms with van der Waals surface area (Å²) in [4.78, 5) is 13.8. The maximum atomic E-state index is 12.2. The molecule has 2 amide bonds. The summed E-state index contributed by atoms with van der Waals surface area (Å²) in [5.74, 6) is 0. The van der Waals surface area contributed by atoms with Gasteiger partial charge in [-0.25, -0.2) is 4.79 Å². The van der Waals surface area contributed by atoms with Crippen molar-refractivity contribution < 1.29 is 9.90 Å². The fraction of sp³-hybridized carbons (Fsp3) is 0.533. The number of hydrogen-bond donors (Lipinski definition) is 2. The molecular formula is C15H23ClN2O2. The Kier molecular flexibility index (Phi) is 5.84. The van der Waals surface area contributed by atoms with Crippen molar-refractivity contribution in [3.8, 4) is 0 Å². The third kappa shape index (κ3) is 5.39. The first-order valence-corrected chi connectivity index (χ1v) is 7.14. The minimum absolute atomic E-state index is 0.115. The maximum absolute atomic E-state index is 12.2. The van der Waals surface area contributed by atoms with E-state index in [9.17, 15) is 9.90 Å². The van der Waals surface area contributed by atoms with E-state index in [0.29, 0.717) is 18.1 Å². The van der Waals surface area contributed by atoms with Crippen LogP contribution in [-0.4, -0.2) is 34.7 Å². The molecule has 0 heterocycles. The van der Waals surface area contributed by atoms with Gasteiger partial charge in [-0.2, -0.15) is 0 Å². The Balaban J connectivity index is 2.66. The van der Waals surface area contributed by atoms with Crippen molar-refractivity contribution in [1.82, 2.24) is 10.2 Å². The summed E-state index contributed by atoms with van der Waals surface area (Å²) in [6.45, 7) is 8.01. The van der Waals surface area contributed by atoms with E-state index in [0.717, 1.165) is 5.56 Å². The lowest BCUT2D eigenvalue weighted by Crippen LogP contribution is -2.47. The van der Waals surface area contributed by atoms with Crippen LogP contribution < -0.4 is 5.32 Å². The van der Waals surface area contributed by atoms with E-state index in [1.165, 1.54) is 0 Å². The number of rotatable bonds is 5. The highest BCUT2D eigenvalue weighted by molar-refractivity contribution is 6.30. The number of halogens is 1. The average Bonchev–Trinajstić information content (AvgIpc) is 2.35. The molecule has 2 N–H and O–H groups in total. The van der Waals surface area contributed by atoms with E-state index < -0.39 is 5.60 Å². The summed E-state index contributed by atoms with van der Waals surface area (Å²) >= 11 is 5.84. The molecule has 0 fully saturated rings. The van der Waals surface area contributed by atoms with Crippen molar-refractivity contribution in [1.29, 1.82) is 0 Å². The first-order chi connectivity index (χ1) is 9.23. The van der Waals surface area contributed by atoms with Crippen molar-refractivity contribution >= 4 is 17.6 Å². The van der Waals surface area contributed by atoms with Gasteiger partial charge in [-0.15, -0.1) is 0 Å². The number of nitrogens with zero attached hydrogens (tertiary/aromatic N) is 1. The van der Waals surface area contributed by atoms with Crippen LogP contribution in [0.25, 0.3) is 0 Å². The Morgan fingerprint density at radius 1 is 1.40 bits per heavy atom. The maximum Gasteiger partial charge on any atom is 0.317 e. The van der Waals surface area contributed by atoms with Crippen LogP contribution in [0.2, 0.25) is 5.02 Å². The first kappa shape index (κ1) is 16.8. The number of hydrogen-bond acceptors (Lipinski definition) is 2. The molecule has 112 valence electrons. The second-order valence-corrected chi connectivity index (χ2v) is 5.99. The average molecular weight is 299 g/mol. The Morgan fingerprint density at radius 2 is 1.95 bits per heavy atom. The lowest BCUT2D eigenvalue weighted by molar-refractivity contribution is 0.0476. The van der Waals surface area contributed by atoms with Gasteiger partial charge in [0.1, 0.15) is 0 Å². The molecule has 20 heavy (non-hydrogen) atoms. The molecule has 1 atom stereocenters. The molecular weight excluding hydrogens is 276 g/mol. The van der Waals surface area contributed by atoms with Crippen molar-refractivity contribution in [2.45, 2.75) is 39.3 Å². The van der Waals surface area contributed by atoms with Gasteiger partial charge in [-0.05, 0) is 45.4 Å². The molecule has 4 nitrogen and oxygen atoms in total. The van der Waals surface area contributed by atoms with Gasteiger partial charge in [0.05, 0.1) is 18.2 Å². The second-order valence-electron chi connectivity index (χ2n) is 5.55. The van der Waals surface area contributed by atoms with Gasteiger partial charge in [0.15, 0.2) is 0 Å². The monoisotopic (exact) mass is 298 g/mol.